The highest BCUT2D eigenvalue weighted by atomic mass is 16.1. The highest BCUT2D eigenvalue weighted by Crippen LogP contribution is 2.22. The van der Waals surface area contributed by atoms with Crippen LogP contribution in [-0.4, -0.2) is 5.91 Å². The number of nitrogens with two attached hydrogens (primary N) is 1. The van der Waals surface area contributed by atoms with E-state index in [1.54, 1.807) is 0 Å². The first-order chi connectivity index (χ1) is 10.8. The van der Waals surface area contributed by atoms with Crippen LogP contribution in [0.3, 0.4) is 0 Å². The van der Waals surface area contributed by atoms with E-state index in [1.807, 2.05) is 31.2 Å². The first-order valence-corrected chi connectivity index (χ1v) is 8.00. The minimum atomic E-state index is -0.190. The molecule has 0 saturated carbocycles. The molecule has 0 bridgehead atoms. The molecule has 0 aliphatic rings. The zero-order valence-electron chi connectivity index (χ0n) is 14.4. The molecule has 0 aliphatic heterocycles. The van der Waals surface area contributed by atoms with Crippen LogP contribution in [0.25, 0.3) is 0 Å². The van der Waals surface area contributed by atoms with Gasteiger partial charge in [-0.05, 0) is 41.2 Å². The molecule has 0 radical (unpaired) electrons. The van der Waals surface area contributed by atoms with Gasteiger partial charge in [-0.25, -0.2) is 0 Å². The Hall–Kier alpha value is -2.29. The van der Waals surface area contributed by atoms with Gasteiger partial charge in [-0.1, -0.05) is 57.2 Å². The van der Waals surface area contributed by atoms with Gasteiger partial charge in [0, 0.05) is 12.2 Å². The predicted molar refractivity (Wildman–Crippen MR) is 96.3 cm³/mol. The number of anilines is 1. The van der Waals surface area contributed by atoms with E-state index in [9.17, 15) is 4.79 Å². The Bertz CT molecular complexity index is 652. The van der Waals surface area contributed by atoms with Gasteiger partial charge in [0.15, 0.2) is 0 Å². The van der Waals surface area contributed by atoms with Crippen LogP contribution >= 0.6 is 0 Å². The molecule has 3 heteroatoms. The third-order valence-electron chi connectivity index (χ3n) is 4.12. The molecule has 2 rings (SSSR count). The fourth-order valence-corrected chi connectivity index (χ4v) is 2.40. The van der Waals surface area contributed by atoms with Crippen LogP contribution in [0.5, 0.6) is 0 Å². The first kappa shape index (κ1) is 17.1. The number of carbonyl (C=O) groups is 1. The van der Waals surface area contributed by atoms with Crippen molar-refractivity contribution in [3.05, 3.63) is 65.2 Å². The average Bonchev–Trinajstić information content (AvgIpc) is 2.52. The summed E-state index contributed by atoms with van der Waals surface area (Å²) in [5.74, 6) is -0.167. The van der Waals surface area contributed by atoms with Crippen molar-refractivity contribution in [2.75, 3.05) is 5.73 Å². The Morgan fingerprint density at radius 2 is 1.61 bits per heavy atom. The fraction of sp³-hybridized carbons (Fsp3) is 0.350. The van der Waals surface area contributed by atoms with Gasteiger partial charge >= 0.3 is 0 Å². The zero-order valence-corrected chi connectivity index (χ0v) is 14.4. The van der Waals surface area contributed by atoms with Gasteiger partial charge in [-0.15, -0.1) is 0 Å². The lowest BCUT2D eigenvalue weighted by atomic mass is 9.87. The Morgan fingerprint density at radius 1 is 1.04 bits per heavy atom. The minimum Gasteiger partial charge on any atom is -0.399 e. The molecule has 0 heterocycles. The van der Waals surface area contributed by atoms with Gasteiger partial charge in [0.2, 0.25) is 5.91 Å². The van der Waals surface area contributed by atoms with Crippen molar-refractivity contribution in [2.24, 2.45) is 0 Å². The number of benzene rings is 2. The Balaban J connectivity index is 1.94. The smallest absolute Gasteiger partial charge is 0.227 e. The van der Waals surface area contributed by atoms with Gasteiger partial charge in [0.1, 0.15) is 0 Å². The number of carbonyl (C=O) groups excluding carboxylic acids is 1. The van der Waals surface area contributed by atoms with E-state index in [2.05, 4.69) is 50.4 Å². The summed E-state index contributed by atoms with van der Waals surface area (Å²) in [5.41, 5.74) is 9.91. The molecule has 3 nitrogen and oxygen atoms in total. The van der Waals surface area contributed by atoms with Crippen LogP contribution in [-0.2, 0) is 16.8 Å². The summed E-state index contributed by atoms with van der Waals surface area (Å²) in [7, 11) is 0. The summed E-state index contributed by atoms with van der Waals surface area (Å²) in [6, 6.07) is 15.9. The molecule has 0 aliphatic carbocycles. The van der Waals surface area contributed by atoms with Gasteiger partial charge < -0.3 is 11.1 Å². The summed E-state index contributed by atoms with van der Waals surface area (Å²) in [5, 5.41) is 3.00. The lowest BCUT2D eigenvalue weighted by Gasteiger charge is -2.19. The summed E-state index contributed by atoms with van der Waals surface area (Å²) < 4.78 is 0. The minimum absolute atomic E-state index is 0.0228. The summed E-state index contributed by atoms with van der Waals surface area (Å²) >= 11 is 0. The van der Waals surface area contributed by atoms with E-state index < -0.39 is 0 Å². The van der Waals surface area contributed by atoms with Crippen LogP contribution in [0.15, 0.2) is 48.5 Å². The third kappa shape index (κ3) is 4.59. The Kier molecular flexibility index (Phi) is 5.09. The van der Waals surface area contributed by atoms with E-state index in [1.165, 1.54) is 5.56 Å². The molecule has 0 spiro atoms. The molecule has 122 valence electrons. The lowest BCUT2D eigenvalue weighted by molar-refractivity contribution is -0.122. The van der Waals surface area contributed by atoms with Crippen molar-refractivity contribution in [1.29, 1.82) is 0 Å². The summed E-state index contributed by atoms with van der Waals surface area (Å²) in [6.07, 6.45) is 0. The molecular weight excluding hydrogens is 284 g/mol. The van der Waals surface area contributed by atoms with E-state index in [0.29, 0.717) is 12.2 Å². The van der Waals surface area contributed by atoms with Gasteiger partial charge in [-0.2, -0.15) is 0 Å². The molecule has 0 aromatic heterocycles. The van der Waals surface area contributed by atoms with Gasteiger partial charge in [0.25, 0.3) is 0 Å². The second-order valence-electron chi connectivity index (χ2n) is 7.05. The molecule has 23 heavy (non-hydrogen) atoms. The monoisotopic (exact) mass is 310 g/mol. The van der Waals surface area contributed by atoms with Crippen molar-refractivity contribution in [3.8, 4) is 0 Å². The van der Waals surface area contributed by atoms with Crippen LogP contribution in [0.1, 0.15) is 50.3 Å². The van der Waals surface area contributed by atoms with Crippen molar-refractivity contribution in [3.63, 3.8) is 0 Å². The van der Waals surface area contributed by atoms with E-state index in [4.69, 9.17) is 5.73 Å². The number of nitrogen functional groups attached to an aromatic ring is 1. The Morgan fingerprint density at radius 3 is 2.13 bits per heavy atom. The normalized spacial score (nSPS) is 12.7. The van der Waals surface area contributed by atoms with Crippen LogP contribution in [0.4, 0.5) is 5.69 Å². The second kappa shape index (κ2) is 6.86. The highest BCUT2D eigenvalue weighted by molar-refractivity contribution is 5.83. The highest BCUT2D eigenvalue weighted by Gasteiger charge is 2.15. The van der Waals surface area contributed by atoms with Crippen molar-refractivity contribution < 1.29 is 4.79 Å². The standard InChI is InChI=1S/C20H26N2O/c1-14(16-7-11-18(21)12-8-16)19(23)22-13-15-5-9-17(10-6-15)20(2,3)4/h5-12,14H,13,21H2,1-4H3,(H,22,23). The van der Waals surface area contributed by atoms with E-state index in [0.717, 1.165) is 11.1 Å². The van der Waals surface area contributed by atoms with Crippen molar-refractivity contribution in [2.45, 2.75) is 45.6 Å². The number of hydrogen-bond acceptors (Lipinski definition) is 2. The largest absolute Gasteiger partial charge is 0.399 e. The number of amides is 1. The number of hydrogen-bond donors (Lipinski definition) is 2. The molecule has 2 aromatic carbocycles. The molecule has 1 amide bonds. The van der Waals surface area contributed by atoms with Crippen LogP contribution in [0.2, 0.25) is 0 Å². The van der Waals surface area contributed by atoms with Crippen molar-refractivity contribution in [1.82, 2.24) is 5.32 Å². The van der Waals surface area contributed by atoms with Gasteiger partial charge in [0.05, 0.1) is 5.92 Å². The molecule has 0 saturated heterocycles. The molecule has 3 N–H and O–H groups in total. The molecule has 0 fully saturated rings. The lowest BCUT2D eigenvalue weighted by Crippen LogP contribution is -2.27. The topological polar surface area (TPSA) is 55.1 Å². The fourth-order valence-electron chi connectivity index (χ4n) is 2.40. The Labute approximate surface area is 138 Å². The molecular formula is C20H26N2O. The average molecular weight is 310 g/mol. The quantitative estimate of drug-likeness (QED) is 0.839. The molecule has 1 atom stereocenters. The van der Waals surface area contributed by atoms with Crippen molar-refractivity contribution >= 4 is 11.6 Å². The van der Waals surface area contributed by atoms with Crippen LogP contribution < -0.4 is 11.1 Å². The maximum Gasteiger partial charge on any atom is 0.227 e. The number of rotatable bonds is 4. The summed E-state index contributed by atoms with van der Waals surface area (Å²) in [4.78, 5) is 12.3. The first-order valence-electron chi connectivity index (χ1n) is 8.00. The third-order valence-corrected chi connectivity index (χ3v) is 4.12. The van der Waals surface area contributed by atoms with Gasteiger partial charge in [-0.3, -0.25) is 4.79 Å². The van der Waals surface area contributed by atoms with E-state index >= 15 is 0 Å². The summed E-state index contributed by atoms with van der Waals surface area (Å²) in [6.45, 7) is 9.03. The van der Waals surface area contributed by atoms with Crippen LogP contribution in [0, 0.1) is 0 Å². The number of nitrogens with one attached hydrogen (secondary N) is 1. The molecule has 2 aromatic rings. The second-order valence-corrected chi connectivity index (χ2v) is 7.05. The maximum atomic E-state index is 12.3. The SMILES string of the molecule is CC(C(=O)NCc1ccc(C(C)(C)C)cc1)c1ccc(N)cc1. The zero-order chi connectivity index (χ0) is 17.0. The maximum absolute atomic E-state index is 12.3. The van der Waals surface area contributed by atoms with E-state index in [-0.39, 0.29) is 17.2 Å². The predicted octanol–water partition coefficient (Wildman–Crippen LogP) is 3.99. The molecule has 1 unspecified atom stereocenters.